The van der Waals surface area contributed by atoms with E-state index in [4.69, 9.17) is 10.00 Å². The van der Waals surface area contributed by atoms with E-state index < -0.39 is 29.8 Å². The smallest absolute Gasteiger partial charge is 0.407 e. The van der Waals surface area contributed by atoms with Crippen molar-refractivity contribution in [1.29, 1.82) is 5.26 Å². The summed E-state index contributed by atoms with van der Waals surface area (Å²) in [7, 11) is 0. The Labute approximate surface area is 136 Å². The molecule has 1 N–H and O–H groups in total. The fourth-order valence-electron chi connectivity index (χ4n) is 3.25. The largest absolute Gasteiger partial charge is 0.444 e. The number of alkyl halides is 1. The van der Waals surface area contributed by atoms with Crippen LogP contribution in [0.25, 0.3) is 0 Å². The van der Waals surface area contributed by atoms with Crippen molar-refractivity contribution in [1.82, 2.24) is 10.2 Å². The zero-order valence-corrected chi connectivity index (χ0v) is 13.8. The number of rotatable bonds is 2. The van der Waals surface area contributed by atoms with Crippen LogP contribution in [0.4, 0.5) is 9.18 Å². The molecule has 0 spiro atoms. The molecular weight excluding hydrogens is 301 g/mol. The Balaban J connectivity index is 2.00. The van der Waals surface area contributed by atoms with Crippen LogP contribution in [0.15, 0.2) is 0 Å². The molecule has 6 nitrogen and oxygen atoms in total. The summed E-state index contributed by atoms with van der Waals surface area (Å²) in [5, 5.41) is 11.8. The number of hydrogen-bond donors (Lipinski definition) is 1. The van der Waals surface area contributed by atoms with Crippen molar-refractivity contribution in [3.8, 4) is 6.07 Å². The topological polar surface area (TPSA) is 82.4 Å². The number of amides is 2. The van der Waals surface area contributed by atoms with Crippen LogP contribution >= 0.6 is 0 Å². The van der Waals surface area contributed by atoms with Gasteiger partial charge in [-0.2, -0.15) is 5.26 Å². The summed E-state index contributed by atoms with van der Waals surface area (Å²) in [4.78, 5) is 25.9. The van der Waals surface area contributed by atoms with Crippen LogP contribution < -0.4 is 5.32 Å². The molecule has 1 aliphatic heterocycles. The summed E-state index contributed by atoms with van der Waals surface area (Å²) >= 11 is 0. The van der Waals surface area contributed by atoms with Crippen molar-refractivity contribution in [2.24, 2.45) is 5.92 Å². The number of halogens is 1. The number of hydrogen-bond acceptors (Lipinski definition) is 4. The van der Waals surface area contributed by atoms with Gasteiger partial charge in [0, 0.05) is 12.5 Å². The molecule has 2 rings (SSSR count). The third-order valence-electron chi connectivity index (χ3n) is 4.22. The minimum absolute atomic E-state index is 0.0350. The molecule has 1 heterocycles. The number of alkyl carbamates (subject to hydrolysis) is 1. The van der Waals surface area contributed by atoms with Gasteiger partial charge >= 0.3 is 6.09 Å². The lowest BCUT2D eigenvalue weighted by Crippen LogP contribution is -2.48. The molecule has 2 amide bonds. The van der Waals surface area contributed by atoms with E-state index in [1.54, 1.807) is 20.8 Å². The molecule has 23 heavy (non-hydrogen) atoms. The molecule has 1 aliphatic carbocycles. The molecule has 0 aromatic rings. The molecule has 4 atom stereocenters. The Bertz CT molecular complexity index is 512. The van der Waals surface area contributed by atoms with Crippen LogP contribution in [0.2, 0.25) is 0 Å². The summed E-state index contributed by atoms with van der Waals surface area (Å²) in [6.45, 7) is 5.28. The number of nitriles is 1. The highest BCUT2D eigenvalue weighted by molar-refractivity contribution is 5.82. The van der Waals surface area contributed by atoms with Gasteiger partial charge < -0.3 is 15.0 Å². The minimum Gasteiger partial charge on any atom is -0.444 e. The van der Waals surface area contributed by atoms with E-state index in [1.165, 1.54) is 4.90 Å². The van der Waals surface area contributed by atoms with E-state index in [0.717, 1.165) is 6.42 Å². The maximum absolute atomic E-state index is 13.5. The molecule has 128 valence electrons. The molecule has 0 radical (unpaired) electrons. The van der Waals surface area contributed by atoms with Crippen molar-refractivity contribution < 1.29 is 18.7 Å². The van der Waals surface area contributed by atoms with E-state index >= 15 is 0 Å². The first-order chi connectivity index (χ1) is 10.7. The van der Waals surface area contributed by atoms with Crippen molar-refractivity contribution in [2.45, 2.75) is 70.3 Å². The summed E-state index contributed by atoms with van der Waals surface area (Å²) in [5.41, 5.74) is -0.607. The lowest BCUT2D eigenvalue weighted by atomic mass is 10.0. The first-order valence-corrected chi connectivity index (χ1v) is 8.05. The van der Waals surface area contributed by atoms with Crippen molar-refractivity contribution >= 4 is 12.0 Å². The highest BCUT2D eigenvalue weighted by atomic mass is 19.1. The van der Waals surface area contributed by atoms with Crippen LogP contribution in [0.3, 0.4) is 0 Å². The number of nitrogens with zero attached hydrogens (tertiary/aromatic N) is 2. The monoisotopic (exact) mass is 325 g/mol. The summed E-state index contributed by atoms with van der Waals surface area (Å²) in [6.07, 6.45) is 0.483. The van der Waals surface area contributed by atoms with Crippen molar-refractivity contribution in [3.05, 3.63) is 0 Å². The molecular formula is C16H24FN3O3. The van der Waals surface area contributed by atoms with Crippen LogP contribution in [0.5, 0.6) is 0 Å². The van der Waals surface area contributed by atoms with E-state index in [1.807, 2.05) is 6.07 Å². The molecule has 2 aliphatic rings. The van der Waals surface area contributed by atoms with Gasteiger partial charge in [-0.1, -0.05) is 6.42 Å². The Morgan fingerprint density at radius 1 is 1.35 bits per heavy atom. The van der Waals surface area contributed by atoms with Gasteiger partial charge in [-0.15, -0.1) is 0 Å². The number of ether oxygens (including phenoxy) is 1. The average Bonchev–Trinajstić information content (AvgIpc) is 3.02. The second-order valence-electron chi connectivity index (χ2n) is 7.26. The zero-order valence-electron chi connectivity index (χ0n) is 13.8. The Morgan fingerprint density at radius 3 is 2.65 bits per heavy atom. The minimum atomic E-state index is -1.15. The molecule has 0 aromatic carbocycles. The zero-order chi connectivity index (χ0) is 17.2. The van der Waals surface area contributed by atoms with Gasteiger partial charge in [0.25, 0.3) is 0 Å². The van der Waals surface area contributed by atoms with Gasteiger partial charge in [0.15, 0.2) is 0 Å². The number of nitrogens with one attached hydrogen (secondary N) is 1. The van der Waals surface area contributed by atoms with Crippen LogP contribution in [0, 0.1) is 17.2 Å². The van der Waals surface area contributed by atoms with Crippen LogP contribution in [-0.4, -0.2) is 47.3 Å². The van der Waals surface area contributed by atoms with Crippen molar-refractivity contribution in [2.75, 3.05) is 6.54 Å². The van der Waals surface area contributed by atoms with E-state index in [-0.39, 0.29) is 24.9 Å². The molecule has 0 bridgehead atoms. The third kappa shape index (κ3) is 4.34. The maximum atomic E-state index is 13.5. The molecule has 0 aromatic heterocycles. The van der Waals surface area contributed by atoms with Gasteiger partial charge in [-0.05, 0) is 33.6 Å². The number of carbonyl (C=O) groups is 2. The predicted octanol–water partition coefficient (Wildman–Crippen LogP) is 2.14. The maximum Gasteiger partial charge on any atom is 0.407 e. The lowest BCUT2D eigenvalue weighted by molar-refractivity contribution is -0.136. The number of likely N-dealkylation sites (tertiary alicyclic amines) is 1. The quantitative estimate of drug-likeness (QED) is 0.843. The Morgan fingerprint density at radius 2 is 2.04 bits per heavy atom. The highest BCUT2D eigenvalue weighted by Crippen LogP contribution is 2.31. The standard InChI is InChI=1S/C16H24FN3O3/c1-16(2,3)23-15(22)19-13-6-4-5-12(13)14(21)20-9-10(17)7-11(20)8-18/h10-13H,4-7,9H2,1-3H3,(H,19,22)/t10-,11-,12-,13+/m0/s1. The first kappa shape index (κ1) is 17.5. The normalized spacial score (nSPS) is 30.8. The second-order valence-corrected chi connectivity index (χ2v) is 7.26. The van der Waals surface area contributed by atoms with E-state index in [2.05, 4.69) is 5.32 Å². The lowest BCUT2D eigenvalue weighted by Gasteiger charge is -2.28. The SMILES string of the molecule is CC(C)(C)OC(=O)N[C@@H]1CCC[C@@H]1C(=O)N1C[C@@H](F)C[C@H]1C#N. The molecule has 0 unspecified atom stereocenters. The summed E-state index contributed by atoms with van der Waals surface area (Å²) < 4.78 is 18.7. The fraction of sp³-hybridized carbons (Fsp3) is 0.812. The fourth-order valence-corrected chi connectivity index (χ4v) is 3.25. The Hall–Kier alpha value is -1.84. The molecule has 7 heteroatoms. The van der Waals surface area contributed by atoms with Crippen LogP contribution in [0.1, 0.15) is 46.5 Å². The third-order valence-corrected chi connectivity index (χ3v) is 4.22. The second kappa shape index (κ2) is 6.73. The van der Waals surface area contributed by atoms with E-state index in [0.29, 0.717) is 12.8 Å². The van der Waals surface area contributed by atoms with Gasteiger partial charge in [-0.25, -0.2) is 9.18 Å². The predicted molar refractivity (Wildman–Crippen MR) is 81.1 cm³/mol. The van der Waals surface area contributed by atoms with Gasteiger partial charge in [0.2, 0.25) is 5.91 Å². The van der Waals surface area contributed by atoms with Gasteiger partial charge in [-0.3, -0.25) is 4.79 Å². The molecule has 2 fully saturated rings. The van der Waals surface area contributed by atoms with Crippen LogP contribution in [-0.2, 0) is 9.53 Å². The van der Waals surface area contributed by atoms with E-state index in [9.17, 15) is 14.0 Å². The summed E-state index contributed by atoms with van der Waals surface area (Å²) in [5.74, 6) is -0.654. The Kier molecular flexibility index (Phi) is 5.12. The highest BCUT2D eigenvalue weighted by Gasteiger charge is 2.42. The van der Waals surface area contributed by atoms with Gasteiger partial charge in [0.05, 0.1) is 18.5 Å². The summed E-state index contributed by atoms with van der Waals surface area (Å²) in [6, 6.07) is 0.957. The first-order valence-electron chi connectivity index (χ1n) is 8.05. The molecule has 1 saturated carbocycles. The van der Waals surface area contributed by atoms with Crippen molar-refractivity contribution in [3.63, 3.8) is 0 Å². The van der Waals surface area contributed by atoms with Gasteiger partial charge in [0.1, 0.15) is 17.8 Å². The molecule has 1 saturated heterocycles. The number of carbonyl (C=O) groups excluding carboxylic acids is 2. The average molecular weight is 325 g/mol.